The van der Waals surface area contributed by atoms with Crippen molar-refractivity contribution in [3.05, 3.63) is 48.5 Å². The number of aromatic nitrogens is 4. The number of hydrogen-bond acceptors (Lipinski definition) is 6. The first-order valence-electron chi connectivity index (χ1n) is 10.1. The summed E-state index contributed by atoms with van der Waals surface area (Å²) in [5.74, 6) is 0.359. The Bertz CT molecular complexity index is 1170. The van der Waals surface area contributed by atoms with Crippen molar-refractivity contribution in [3.63, 3.8) is 0 Å². The molecule has 0 saturated heterocycles. The monoisotopic (exact) mass is 468 g/mol. The first-order chi connectivity index (χ1) is 15.5. The number of imidazole rings is 2. The van der Waals surface area contributed by atoms with Crippen molar-refractivity contribution in [2.24, 2.45) is 14.1 Å². The van der Waals surface area contributed by atoms with Crippen LogP contribution in [0.25, 0.3) is 22.1 Å². The second kappa shape index (κ2) is 10.1. The first kappa shape index (κ1) is 22.2. The fourth-order valence-corrected chi connectivity index (χ4v) is 4.91. The first-order valence-corrected chi connectivity index (χ1v) is 12.1. The third kappa shape index (κ3) is 5.08. The number of thioether (sulfide) groups is 2. The molecule has 2 N–H and O–H groups in total. The lowest BCUT2D eigenvalue weighted by Crippen LogP contribution is -2.36. The number of amides is 2. The van der Waals surface area contributed by atoms with Gasteiger partial charge in [-0.1, -0.05) is 47.8 Å². The molecule has 0 aliphatic rings. The molecule has 0 saturated carbocycles. The molecule has 0 unspecified atom stereocenters. The van der Waals surface area contributed by atoms with Crippen molar-refractivity contribution >= 4 is 57.4 Å². The predicted molar refractivity (Wildman–Crippen MR) is 129 cm³/mol. The number of para-hydroxylation sites is 4. The molecule has 0 spiro atoms. The van der Waals surface area contributed by atoms with Crippen molar-refractivity contribution in [1.29, 1.82) is 0 Å². The van der Waals surface area contributed by atoms with Gasteiger partial charge in [0.05, 0.1) is 33.6 Å². The summed E-state index contributed by atoms with van der Waals surface area (Å²) in [4.78, 5) is 33.3. The molecular weight excluding hydrogens is 444 g/mol. The quantitative estimate of drug-likeness (QED) is 0.290. The van der Waals surface area contributed by atoms with E-state index < -0.39 is 0 Å². The van der Waals surface area contributed by atoms with E-state index in [4.69, 9.17) is 0 Å². The Balaban J connectivity index is 1.15. The van der Waals surface area contributed by atoms with Gasteiger partial charge in [-0.25, -0.2) is 9.97 Å². The zero-order chi connectivity index (χ0) is 22.5. The van der Waals surface area contributed by atoms with Gasteiger partial charge in [0.25, 0.3) is 0 Å². The summed E-state index contributed by atoms with van der Waals surface area (Å²) in [6.07, 6.45) is 0. The number of rotatable bonds is 9. The molecule has 2 aromatic carbocycles. The highest BCUT2D eigenvalue weighted by Crippen LogP contribution is 2.23. The molecule has 0 aliphatic heterocycles. The zero-order valence-corrected chi connectivity index (χ0v) is 19.5. The standard InChI is InChI=1S/C22H24N6O2S2/c1-27-17-9-5-3-7-15(17)25-21(27)31-13-19(29)23-11-12-24-20(30)14-32-22-26-16-8-4-6-10-18(16)28(22)2/h3-10H,11-14H2,1-2H3,(H,23,29)(H,24,30). The summed E-state index contributed by atoms with van der Waals surface area (Å²) >= 11 is 2.79. The number of aryl methyl sites for hydroxylation is 2. The fraction of sp³-hybridized carbons (Fsp3) is 0.273. The van der Waals surface area contributed by atoms with Crippen molar-refractivity contribution in [1.82, 2.24) is 29.7 Å². The lowest BCUT2D eigenvalue weighted by Gasteiger charge is -2.07. The molecule has 0 radical (unpaired) electrons. The summed E-state index contributed by atoms with van der Waals surface area (Å²) in [6.45, 7) is 0.759. The molecule has 2 aromatic heterocycles. The number of nitrogens with one attached hydrogen (secondary N) is 2. The van der Waals surface area contributed by atoms with E-state index in [1.165, 1.54) is 23.5 Å². The Labute approximate surface area is 194 Å². The topological polar surface area (TPSA) is 93.8 Å². The molecule has 32 heavy (non-hydrogen) atoms. The second-order valence-corrected chi connectivity index (χ2v) is 9.05. The summed E-state index contributed by atoms with van der Waals surface area (Å²) in [5, 5.41) is 7.25. The van der Waals surface area contributed by atoms with Crippen LogP contribution in [-0.4, -0.2) is 55.5 Å². The largest absolute Gasteiger partial charge is 0.354 e. The van der Waals surface area contributed by atoms with E-state index in [-0.39, 0.29) is 23.3 Å². The van der Waals surface area contributed by atoms with Gasteiger partial charge in [-0.15, -0.1) is 0 Å². The van der Waals surface area contributed by atoms with E-state index in [9.17, 15) is 9.59 Å². The van der Waals surface area contributed by atoms with Gasteiger partial charge in [-0.3, -0.25) is 9.59 Å². The van der Waals surface area contributed by atoms with Crippen molar-refractivity contribution in [2.45, 2.75) is 10.3 Å². The molecule has 2 heterocycles. The summed E-state index contributed by atoms with van der Waals surface area (Å²) in [5.41, 5.74) is 3.90. The molecule has 2 amide bonds. The van der Waals surface area contributed by atoms with Gasteiger partial charge in [0.1, 0.15) is 0 Å². The van der Waals surface area contributed by atoms with Crippen LogP contribution in [0.2, 0.25) is 0 Å². The van der Waals surface area contributed by atoms with Gasteiger partial charge in [-0.2, -0.15) is 0 Å². The minimum Gasteiger partial charge on any atom is -0.354 e. The second-order valence-electron chi connectivity index (χ2n) is 7.16. The van der Waals surface area contributed by atoms with Crippen LogP contribution in [0.3, 0.4) is 0 Å². The number of benzene rings is 2. The maximum absolute atomic E-state index is 12.1. The third-order valence-electron chi connectivity index (χ3n) is 4.93. The average Bonchev–Trinajstić information content (AvgIpc) is 3.30. The Morgan fingerprint density at radius 2 is 1.16 bits per heavy atom. The van der Waals surface area contributed by atoms with E-state index in [1.807, 2.05) is 71.8 Å². The average molecular weight is 469 g/mol. The highest BCUT2D eigenvalue weighted by atomic mass is 32.2. The summed E-state index contributed by atoms with van der Waals surface area (Å²) < 4.78 is 3.96. The minimum atomic E-state index is -0.0922. The van der Waals surface area contributed by atoms with Gasteiger partial charge in [0.2, 0.25) is 11.8 Å². The van der Waals surface area contributed by atoms with Gasteiger partial charge in [-0.05, 0) is 24.3 Å². The lowest BCUT2D eigenvalue weighted by molar-refractivity contribution is -0.120. The molecule has 4 aromatic rings. The molecule has 166 valence electrons. The van der Waals surface area contributed by atoms with Crippen LogP contribution in [0.1, 0.15) is 0 Å². The van der Waals surface area contributed by atoms with Gasteiger partial charge < -0.3 is 19.8 Å². The molecule has 8 nitrogen and oxygen atoms in total. The van der Waals surface area contributed by atoms with Crippen LogP contribution in [0.4, 0.5) is 0 Å². The van der Waals surface area contributed by atoms with E-state index in [0.717, 1.165) is 32.4 Å². The zero-order valence-electron chi connectivity index (χ0n) is 17.9. The molecule has 0 bridgehead atoms. The van der Waals surface area contributed by atoms with Gasteiger partial charge in [0, 0.05) is 27.2 Å². The molecule has 10 heteroatoms. The Kier molecular flexibility index (Phi) is 7.01. The number of carbonyl (C=O) groups is 2. The number of fused-ring (bicyclic) bond motifs is 2. The highest BCUT2D eigenvalue weighted by Gasteiger charge is 2.11. The van der Waals surface area contributed by atoms with Crippen LogP contribution in [0.15, 0.2) is 58.8 Å². The van der Waals surface area contributed by atoms with E-state index in [0.29, 0.717) is 13.1 Å². The Morgan fingerprint density at radius 1 is 0.750 bits per heavy atom. The van der Waals surface area contributed by atoms with Gasteiger partial charge >= 0.3 is 0 Å². The fourth-order valence-electron chi connectivity index (χ4n) is 3.27. The molecular formula is C22H24N6O2S2. The van der Waals surface area contributed by atoms with Crippen molar-refractivity contribution in [2.75, 3.05) is 24.6 Å². The van der Waals surface area contributed by atoms with Crippen molar-refractivity contribution < 1.29 is 9.59 Å². The van der Waals surface area contributed by atoms with Crippen LogP contribution in [0, 0.1) is 0 Å². The smallest absolute Gasteiger partial charge is 0.230 e. The number of hydrogen-bond donors (Lipinski definition) is 2. The maximum atomic E-state index is 12.1. The van der Waals surface area contributed by atoms with Gasteiger partial charge in [0.15, 0.2) is 10.3 Å². The molecule has 0 atom stereocenters. The Hall–Kier alpha value is -2.98. The third-order valence-corrected chi connectivity index (χ3v) is 6.99. The molecule has 0 fully saturated rings. The molecule has 0 aliphatic carbocycles. The summed E-state index contributed by atoms with van der Waals surface area (Å²) in [6, 6.07) is 15.7. The van der Waals surface area contributed by atoms with E-state index in [1.54, 1.807) is 0 Å². The lowest BCUT2D eigenvalue weighted by atomic mass is 10.3. The van der Waals surface area contributed by atoms with Crippen LogP contribution >= 0.6 is 23.5 Å². The normalized spacial score (nSPS) is 11.2. The maximum Gasteiger partial charge on any atom is 0.230 e. The van der Waals surface area contributed by atoms with E-state index >= 15 is 0 Å². The van der Waals surface area contributed by atoms with Crippen LogP contribution < -0.4 is 10.6 Å². The van der Waals surface area contributed by atoms with Crippen molar-refractivity contribution in [3.8, 4) is 0 Å². The summed E-state index contributed by atoms with van der Waals surface area (Å²) in [7, 11) is 3.88. The predicted octanol–water partition coefficient (Wildman–Crippen LogP) is 2.58. The Morgan fingerprint density at radius 3 is 1.56 bits per heavy atom. The number of carbonyl (C=O) groups excluding carboxylic acids is 2. The highest BCUT2D eigenvalue weighted by molar-refractivity contribution is 8.00. The molecule has 4 rings (SSSR count). The number of nitrogens with zero attached hydrogens (tertiary/aromatic N) is 4. The van der Waals surface area contributed by atoms with Crippen LogP contribution in [-0.2, 0) is 23.7 Å². The minimum absolute atomic E-state index is 0.0922. The van der Waals surface area contributed by atoms with E-state index in [2.05, 4.69) is 20.6 Å². The van der Waals surface area contributed by atoms with Crippen LogP contribution in [0.5, 0.6) is 0 Å². The SMILES string of the molecule is Cn1c(SCC(=O)NCCNC(=O)CSc2nc3ccccc3n2C)nc2ccccc21.